The van der Waals surface area contributed by atoms with E-state index in [1.807, 2.05) is 18.7 Å². The number of ether oxygens (including phenoxy) is 1. The van der Waals surface area contributed by atoms with Gasteiger partial charge >= 0.3 is 0 Å². The van der Waals surface area contributed by atoms with Gasteiger partial charge in [-0.15, -0.1) is 0 Å². The molecule has 6 heteroatoms. The second-order valence-corrected chi connectivity index (χ2v) is 4.50. The Bertz CT molecular complexity index is 399. The van der Waals surface area contributed by atoms with Crippen LogP contribution >= 0.6 is 0 Å². The molecule has 0 radical (unpaired) electrons. The molecule has 0 unspecified atom stereocenters. The minimum atomic E-state index is -0.140. The number of aromatic nitrogens is 2. The van der Waals surface area contributed by atoms with Crippen molar-refractivity contribution < 1.29 is 9.53 Å². The Kier molecular flexibility index (Phi) is 4.09. The van der Waals surface area contributed by atoms with Crippen LogP contribution in [0.5, 0.6) is 0 Å². The van der Waals surface area contributed by atoms with Gasteiger partial charge in [-0.25, -0.2) is 9.97 Å². The fourth-order valence-corrected chi connectivity index (χ4v) is 1.71. The molecule has 1 aliphatic heterocycles. The summed E-state index contributed by atoms with van der Waals surface area (Å²) >= 11 is 0. The molecule has 6 nitrogen and oxygen atoms in total. The molecule has 18 heavy (non-hydrogen) atoms. The molecule has 2 rings (SSSR count). The van der Waals surface area contributed by atoms with Crippen molar-refractivity contribution in [3.05, 3.63) is 18.0 Å². The predicted octanol–water partition coefficient (Wildman–Crippen LogP) is 0.451. The van der Waals surface area contributed by atoms with Crippen LogP contribution in [-0.4, -0.2) is 48.2 Å². The molecule has 1 saturated heterocycles. The Morgan fingerprint density at radius 2 is 1.94 bits per heavy atom. The van der Waals surface area contributed by atoms with Crippen LogP contribution < -0.4 is 10.2 Å². The number of amides is 1. The van der Waals surface area contributed by atoms with Gasteiger partial charge < -0.3 is 15.0 Å². The number of hydrogen-bond acceptors (Lipinski definition) is 5. The van der Waals surface area contributed by atoms with E-state index in [4.69, 9.17) is 4.74 Å². The number of anilines is 1. The molecule has 0 saturated carbocycles. The first kappa shape index (κ1) is 12.8. The number of rotatable bonds is 3. The van der Waals surface area contributed by atoms with Gasteiger partial charge in [0.15, 0.2) is 0 Å². The Hall–Kier alpha value is -1.69. The Morgan fingerprint density at radius 3 is 2.50 bits per heavy atom. The second-order valence-electron chi connectivity index (χ2n) is 4.50. The zero-order valence-electron chi connectivity index (χ0n) is 10.7. The summed E-state index contributed by atoms with van der Waals surface area (Å²) in [5.41, 5.74) is 0.487. The smallest absolute Gasteiger partial charge is 0.254 e. The molecular formula is C12H18N4O2. The fraction of sp³-hybridized carbons (Fsp3) is 0.583. The average molecular weight is 250 g/mol. The van der Waals surface area contributed by atoms with E-state index in [1.165, 1.54) is 0 Å². The zero-order valence-corrected chi connectivity index (χ0v) is 10.7. The first-order chi connectivity index (χ1) is 8.66. The summed E-state index contributed by atoms with van der Waals surface area (Å²) < 4.78 is 5.27. The quantitative estimate of drug-likeness (QED) is 0.843. The minimum Gasteiger partial charge on any atom is -0.378 e. The molecule has 1 fully saturated rings. The van der Waals surface area contributed by atoms with Gasteiger partial charge in [-0.2, -0.15) is 0 Å². The third-order valence-electron chi connectivity index (χ3n) is 2.61. The van der Waals surface area contributed by atoms with Gasteiger partial charge in [0.05, 0.1) is 18.8 Å². The van der Waals surface area contributed by atoms with Crippen LogP contribution in [0.2, 0.25) is 0 Å². The number of hydrogen-bond donors (Lipinski definition) is 1. The highest BCUT2D eigenvalue weighted by Gasteiger charge is 2.14. The Balaban J connectivity index is 2.02. The highest BCUT2D eigenvalue weighted by atomic mass is 16.5. The van der Waals surface area contributed by atoms with Gasteiger partial charge in [0, 0.05) is 31.5 Å². The van der Waals surface area contributed by atoms with E-state index < -0.39 is 0 Å². The van der Waals surface area contributed by atoms with Crippen molar-refractivity contribution in [1.29, 1.82) is 0 Å². The summed E-state index contributed by atoms with van der Waals surface area (Å²) in [6.07, 6.45) is 3.13. The maximum Gasteiger partial charge on any atom is 0.254 e. The first-order valence-corrected chi connectivity index (χ1v) is 6.12. The summed E-state index contributed by atoms with van der Waals surface area (Å²) in [6, 6.07) is 0.108. The van der Waals surface area contributed by atoms with Gasteiger partial charge in [0.2, 0.25) is 5.95 Å². The largest absolute Gasteiger partial charge is 0.378 e. The highest BCUT2D eigenvalue weighted by molar-refractivity contribution is 5.93. The molecule has 1 N–H and O–H groups in total. The maximum atomic E-state index is 11.7. The van der Waals surface area contributed by atoms with Crippen LogP contribution in [0.3, 0.4) is 0 Å². The lowest BCUT2D eigenvalue weighted by Crippen LogP contribution is -2.37. The van der Waals surface area contributed by atoms with Gasteiger partial charge in [-0.3, -0.25) is 4.79 Å². The van der Waals surface area contributed by atoms with Crippen LogP contribution in [-0.2, 0) is 4.74 Å². The summed E-state index contributed by atoms with van der Waals surface area (Å²) in [5, 5.41) is 2.81. The van der Waals surface area contributed by atoms with Gasteiger partial charge in [0.1, 0.15) is 0 Å². The van der Waals surface area contributed by atoms with Crippen molar-refractivity contribution in [3.63, 3.8) is 0 Å². The van der Waals surface area contributed by atoms with E-state index in [2.05, 4.69) is 15.3 Å². The normalized spacial score (nSPS) is 15.8. The number of carbonyl (C=O) groups excluding carboxylic acids is 1. The average Bonchev–Trinajstić information content (AvgIpc) is 2.39. The summed E-state index contributed by atoms with van der Waals surface area (Å²) in [7, 11) is 0. The van der Waals surface area contributed by atoms with E-state index in [1.54, 1.807) is 12.4 Å². The lowest BCUT2D eigenvalue weighted by molar-refractivity contribution is 0.0942. The van der Waals surface area contributed by atoms with E-state index >= 15 is 0 Å². The molecule has 2 heterocycles. The third-order valence-corrected chi connectivity index (χ3v) is 2.61. The van der Waals surface area contributed by atoms with Crippen molar-refractivity contribution in [2.75, 3.05) is 31.2 Å². The molecular weight excluding hydrogens is 232 g/mol. The molecule has 0 aliphatic carbocycles. The number of carbonyl (C=O) groups is 1. The molecule has 0 spiro atoms. The molecule has 0 aromatic carbocycles. The van der Waals surface area contributed by atoms with Gasteiger partial charge in [0.25, 0.3) is 5.91 Å². The molecule has 1 aliphatic rings. The monoisotopic (exact) mass is 250 g/mol. The minimum absolute atomic E-state index is 0.108. The Morgan fingerprint density at radius 1 is 1.33 bits per heavy atom. The SMILES string of the molecule is CC(C)NC(=O)c1cnc(N2CCOCC2)nc1. The van der Waals surface area contributed by atoms with E-state index in [0.717, 1.165) is 13.1 Å². The summed E-state index contributed by atoms with van der Waals surface area (Å²) in [5.74, 6) is 0.512. The molecule has 1 amide bonds. The van der Waals surface area contributed by atoms with E-state index in [9.17, 15) is 4.79 Å². The zero-order chi connectivity index (χ0) is 13.0. The lowest BCUT2D eigenvalue weighted by atomic mass is 10.3. The molecule has 0 bridgehead atoms. The van der Waals surface area contributed by atoms with Gasteiger partial charge in [-0.05, 0) is 13.8 Å². The fourth-order valence-electron chi connectivity index (χ4n) is 1.71. The molecule has 0 atom stereocenters. The van der Waals surface area contributed by atoms with E-state index in [0.29, 0.717) is 24.7 Å². The van der Waals surface area contributed by atoms with Crippen molar-refractivity contribution in [2.24, 2.45) is 0 Å². The summed E-state index contributed by atoms with van der Waals surface area (Å²) in [4.78, 5) is 22.2. The van der Waals surface area contributed by atoms with Crippen molar-refractivity contribution >= 4 is 11.9 Å². The van der Waals surface area contributed by atoms with Crippen molar-refractivity contribution in [1.82, 2.24) is 15.3 Å². The van der Waals surface area contributed by atoms with Crippen molar-refractivity contribution in [3.8, 4) is 0 Å². The lowest BCUT2D eigenvalue weighted by Gasteiger charge is -2.26. The number of nitrogens with one attached hydrogen (secondary N) is 1. The first-order valence-electron chi connectivity index (χ1n) is 6.12. The maximum absolute atomic E-state index is 11.7. The summed E-state index contributed by atoms with van der Waals surface area (Å²) in [6.45, 7) is 6.80. The van der Waals surface area contributed by atoms with Crippen LogP contribution in [0, 0.1) is 0 Å². The van der Waals surface area contributed by atoms with Crippen LogP contribution in [0.4, 0.5) is 5.95 Å². The highest BCUT2D eigenvalue weighted by Crippen LogP contribution is 2.09. The molecule has 98 valence electrons. The van der Waals surface area contributed by atoms with Crippen LogP contribution in [0.25, 0.3) is 0 Å². The molecule has 1 aromatic heterocycles. The molecule has 1 aromatic rings. The number of nitrogens with zero attached hydrogens (tertiary/aromatic N) is 3. The van der Waals surface area contributed by atoms with Crippen molar-refractivity contribution in [2.45, 2.75) is 19.9 Å². The third kappa shape index (κ3) is 3.16. The van der Waals surface area contributed by atoms with Gasteiger partial charge in [-0.1, -0.05) is 0 Å². The standard InChI is InChI=1S/C12H18N4O2/c1-9(2)15-11(17)10-7-13-12(14-8-10)16-3-5-18-6-4-16/h7-9H,3-6H2,1-2H3,(H,15,17). The topological polar surface area (TPSA) is 67.4 Å². The second kappa shape index (κ2) is 5.77. The van der Waals surface area contributed by atoms with E-state index in [-0.39, 0.29) is 11.9 Å². The van der Waals surface area contributed by atoms with Crippen LogP contribution in [0.15, 0.2) is 12.4 Å². The van der Waals surface area contributed by atoms with Crippen LogP contribution in [0.1, 0.15) is 24.2 Å². The Labute approximate surface area is 106 Å². The predicted molar refractivity (Wildman–Crippen MR) is 67.7 cm³/mol. The number of morpholine rings is 1.